The van der Waals surface area contributed by atoms with Gasteiger partial charge in [-0.1, -0.05) is 11.6 Å². The summed E-state index contributed by atoms with van der Waals surface area (Å²) < 4.78 is 1.93. The van der Waals surface area contributed by atoms with Gasteiger partial charge < -0.3 is 15.2 Å². The zero-order valence-electron chi connectivity index (χ0n) is 15.5. The number of nitrogens with one attached hydrogen (secondary N) is 2. The number of imidazole rings is 1. The van der Waals surface area contributed by atoms with Gasteiger partial charge in [-0.2, -0.15) is 4.98 Å². The van der Waals surface area contributed by atoms with Crippen LogP contribution in [0.25, 0.3) is 5.69 Å². The lowest BCUT2D eigenvalue weighted by atomic mass is 10.2. The summed E-state index contributed by atoms with van der Waals surface area (Å²) in [5.41, 5.74) is 1.82. The Morgan fingerprint density at radius 2 is 2.04 bits per heavy atom. The van der Waals surface area contributed by atoms with Crippen LogP contribution >= 0.6 is 11.6 Å². The molecule has 4 rings (SSSR count). The zero-order chi connectivity index (χ0) is 19.7. The standard InChI is InChI=1S/C19H20ClN7O/c1-12-9-22-19(28)27(12)17-7-8-21-18(25-17)24-13(2)16-10-26(11-23-16)15-5-3-14(20)4-6-15/h3-8,10-13H,9H2,1-2H3,(H,22,28)(H,21,24,25)/t12-,13-/m0/s1. The minimum Gasteiger partial charge on any atom is -0.346 e. The van der Waals surface area contributed by atoms with Gasteiger partial charge >= 0.3 is 6.03 Å². The van der Waals surface area contributed by atoms with E-state index in [1.54, 1.807) is 23.5 Å². The van der Waals surface area contributed by atoms with E-state index in [0.717, 1.165) is 11.4 Å². The molecule has 0 saturated carbocycles. The number of halogens is 1. The van der Waals surface area contributed by atoms with E-state index in [2.05, 4.69) is 25.6 Å². The van der Waals surface area contributed by atoms with Crippen LogP contribution in [0.3, 0.4) is 0 Å². The van der Waals surface area contributed by atoms with Gasteiger partial charge in [0.1, 0.15) is 5.82 Å². The van der Waals surface area contributed by atoms with Gasteiger partial charge in [0.15, 0.2) is 0 Å². The molecule has 1 aliphatic heterocycles. The van der Waals surface area contributed by atoms with Crippen molar-refractivity contribution in [3.63, 3.8) is 0 Å². The minimum atomic E-state index is -0.146. The maximum Gasteiger partial charge on any atom is 0.323 e. The molecule has 0 spiro atoms. The highest BCUT2D eigenvalue weighted by atomic mass is 35.5. The van der Waals surface area contributed by atoms with Gasteiger partial charge in [-0.3, -0.25) is 4.90 Å². The molecule has 28 heavy (non-hydrogen) atoms. The average Bonchev–Trinajstić information content (AvgIpc) is 3.30. The Bertz CT molecular complexity index is 988. The van der Waals surface area contributed by atoms with E-state index in [9.17, 15) is 4.79 Å². The van der Waals surface area contributed by atoms with E-state index in [1.165, 1.54) is 0 Å². The molecule has 0 aliphatic carbocycles. The largest absolute Gasteiger partial charge is 0.346 e. The number of nitrogens with zero attached hydrogens (tertiary/aromatic N) is 5. The monoisotopic (exact) mass is 397 g/mol. The van der Waals surface area contributed by atoms with Crippen LogP contribution in [0.4, 0.5) is 16.6 Å². The molecule has 2 aromatic heterocycles. The third-order valence-electron chi connectivity index (χ3n) is 4.61. The third-order valence-corrected chi connectivity index (χ3v) is 4.86. The topological polar surface area (TPSA) is 88.0 Å². The smallest absolute Gasteiger partial charge is 0.323 e. The first-order valence-electron chi connectivity index (χ1n) is 8.98. The highest BCUT2D eigenvalue weighted by molar-refractivity contribution is 6.30. The molecule has 0 radical (unpaired) electrons. The van der Waals surface area contributed by atoms with Crippen molar-refractivity contribution in [2.45, 2.75) is 25.9 Å². The van der Waals surface area contributed by atoms with Gasteiger partial charge in [0, 0.05) is 29.6 Å². The molecule has 1 fully saturated rings. The molecule has 0 unspecified atom stereocenters. The van der Waals surface area contributed by atoms with Crippen molar-refractivity contribution in [2.24, 2.45) is 0 Å². The van der Waals surface area contributed by atoms with Gasteiger partial charge in [0.25, 0.3) is 0 Å². The van der Waals surface area contributed by atoms with E-state index in [-0.39, 0.29) is 18.1 Å². The van der Waals surface area contributed by atoms with Gasteiger partial charge in [0.2, 0.25) is 5.95 Å². The molecule has 2 N–H and O–H groups in total. The van der Waals surface area contributed by atoms with Crippen LogP contribution in [0, 0.1) is 0 Å². The van der Waals surface area contributed by atoms with Crippen LogP contribution in [-0.4, -0.2) is 38.1 Å². The zero-order valence-corrected chi connectivity index (χ0v) is 16.3. The molecule has 1 saturated heterocycles. The number of amides is 2. The van der Waals surface area contributed by atoms with Crippen molar-refractivity contribution in [1.29, 1.82) is 0 Å². The van der Waals surface area contributed by atoms with Crippen LogP contribution < -0.4 is 15.5 Å². The van der Waals surface area contributed by atoms with Crippen LogP contribution in [0.2, 0.25) is 5.02 Å². The van der Waals surface area contributed by atoms with Crippen LogP contribution in [0.5, 0.6) is 0 Å². The number of benzene rings is 1. The van der Waals surface area contributed by atoms with Crippen molar-refractivity contribution < 1.29 is 4.79 Å². The van der Waals surface area contributed by atoms with E-state index in [0.29, 0.717) is 23.3 Å². The van der Waals surface area contributed by atoms with Gasteiger partial charge in [-0.05, 0) is 44.2 Å². The van der Waals surface area contributed by atoms with Gasteiger partial charge in [-0.15, -0.1) is 0 Å². The number of hydrogen-bond donors (Lipinski definition) is 2. The summed E-state index contributed by atoms with van der Waals surface area (Å²) in [5.74, 6) is 1.01. The second kappa shape index (κ2) is 7.47. The summed E-state index contributed by atoms with van der Waals surface area (Å²) in [7, 11) is 0. The Morgan fingerprint density at radius 3 is 2.75 bits per heavy atom. The van der Waals surface area contributed by atoms with Crippen molar-refractivity contribution in [3.8, 4) is 5.69 Å². The van der Waals surface area contributed by atoms with Crippen molar-refractivity contribution >= 4 is 29.4 Å². The summed E-state index contributed by atoms with van der Waals surface area (Å²) in [6.07, 6.45) is 5.34. The highest BCUT2D eigenvalue weighted by Crippen LogP contribution is 2.22. The summed E-state index contributed by atoms with van der Waals surface area (Å²) in [4.78, 5) is 26.9. The predicted molar refractivity (Wildman–Crippen MR) is 108 cm³/mol. The maximum atomic E-state index is 12.0. The molecule has 144 valence electrons. The molecule has 2 atom stereocenters. The fourth-order valence-corrected chi connectivity index (χ4v) is 3.20. The molecular weight excluding hydrogens is 378 g/mol. The predicted octanol–water partition coefficient (Wildman–Crippen LogP) is 3.41. The summed E-state index contributed by atoms with van der Waals surface area (Å²) in [6, 6.07) is 9.05. The number of carbonyl (C=O) groups excluding carboxylic acids is 1. The Balaban J connectivity index is 1.50. The number of aromatic nitrogens is 4. The van der Waals surface area contributed by atoms with Crippen LogP contribution in [0.1, 0.15) is 25.6 Å². The maximum absolute atomic E-state index is 12.0. The highest BCUT2D eigenvalue weighted by Gasteiger charge is 2.29. The molecule has 1 aliphatic rings. The Labute approximate surface area is 167 Å². The van der Waals surface area contributed by atoms with Crippen molar-refractivity contribution in [3.05, 3.63) is 59.8 Å². The third kappa shape index (κ3) is 3.63. The lowest BCUT2D eigenvalue weighted by molar-refractivity contribution is 0.251. The van der Waals surface area contributed by atoms with Crippen molar-refractivity contribution in [1.82, 2.24) is 24.8 Å². The molecule has 2 amide bonds. The first-order valence-corrected chi connectivity index (χ1v) is 9.35. The summed E-state index contributed by atoms with van der Waals surface area (Å²) in [5, 5.41) is 6.75. The summed E-state index contributed by atoms with van der Waals surface area (Å²) in [6.45, 7) is 4.55. The average molecular weight is 398 g/mol. The molecular formula is C19H20ClN7O. The van der Waals surface area contributed by atoms with Crippen molar-refractivity contribution in [2.75, 3.05) is 16.8 Å². The SMILES string of the molecule is C[C@H](Nc1nccc(N2C(=O)NC[C@@H]2C)n1)c1cn(-c2ccc(Cl)cc2)cn1. The first kappa shape index (κ1) is 18.2. The number of rotatable bonds is 5. The fraction of sp³-hybridized carbons (Fsp3) is 0.263. The van der Waals surface area contributed by atoms with E-state index >= 15 is 0 Å². The molecule has 3 heterocycles. The lowest BCUT2D eigenvalue weighted by Gasteiger charge is -2.19. The second-order valence-corrected chi connectivity index (χ2v) is 7.13. The number of carbonyl (C=O) groups is 1. The van der Waals surface area contributed by atoms with Gasteiger partial charge in [-0.25, -0.2) is 14.8 Å². The lowest BCUT2D eigenvalue weighted by Crippen LogP contribution is -2.33. The van der Waals surface area contributed by atoms with E-state index in [1.807, 2.05) is 48.9 Å². The quantitative estimate of drug-likeness (QED) is 0.688. The van der Waals surface area contributed by atoms with Crippen LogP contribution in [0.15, 0.2) is 49.1 Å². The molecule has 1 aromatic carbocycles. The molecule has 9 heteroatoms. The number of urea groups is 1. The summed E-state index contributed by atoms with van der Waals surface area (Å²) >= 11 is 5.95. The fourth-order valence-electron chi connectivity index (χ4n) is 3.08. The Morgan fingerprint density at radius 1 is 1.25 bits per heavy atom. The minimum absolute atomic E-state index is 0.0442. The number of anilines is 2. The molecule has 0 bridgehead atoms. The second-order valence-electron chi connectivity index (χ2n) is 6.69. The number of hydrogen-bond acceptors (Lipinski definition) is 5. The molecule has 8 nitrogen and oxygen atoms in total. The normalized spacial score (nSPS) is 17.5. The Hall–Kier alpha value is -3.13. The van der Waals surface area contributed by atoms with Gasteiger partial charge in [0.05, 0.1) is 24.1 Å². The first-order chi connectivity index (χ1) is 13.5. The molecule has 3 aromatic rings. The van der Waals surface area contributed by atoms with E-state index in [4.69, 9.17) is 11.6 Å². The van der Waals surface area contributed by atoms with Crippen LogP contribution in [-0.2, 0) is 0 Å². The van der Waals surface area contributed by atoms with E-state index < -0.39 is 0 Å². The Kier molecular flexibility index (Phi) is 4.87.